The molecule has 3 fully saturated rings. The van der Waals surface area contributed by atoms with Gasteiger partial charge in [-0.25, -0.2) is 14.4 Å². The maximum atomic E-state index is 14.7. The highest BCUT2D eigenvalue weighted by molar-refractivity contribution is 6.30. The van der Waals surface area contributed by atoms with Crippen molar-refractivity contribution in [3.05, 3.63) is 47.0 Å². The van der Waals surface area contributed by atoms with Crippen molar-refractivity contribution in [3.63, 3.8) is 0 Å². The summed E-state index contributed by atoms with van der Waals surface area (Å²) >= 11 is 5.90. The van der Waals surface area contributed by atoms with E-state index in [-0.39, 0.29) is 18.1 Å². The number of nitrogens with zero attached hydrogens (tertiary/aromatic N) is 4. The smallest absolute Gasteiger partial charge is 0.226 e. The van der Waals surface area contributed by atoms with E-state index in [0.717, 1.165) is 82.6 Å². The van der Waals surface area contributed by atoms with Crippen molar-refractivity contribution in [1.29, 1.82) is 0 Å². The van der Waals surface area contributed by atoms with Crippen LogP contribution in [0.2, 0.25) is 5.02 Å². The molecular weight excluding hydrogens is 519 g/mol. The molecule has 1 aromatic heterocycles. The third-order valence-corrected chi connectivity index (χ3v) is 8.97. The van der Waals surface area contributed by atoms with Crippen molar-refractivity contribution in [2.45, 2.75) is 51.4 Å². The standard InChI is InChI=1S/C30H40ClFN4O3/c1-35(10-4-21-7-13-38-14-8-21)29(37)17-24-2-3-26(18-28(24)32)39-15-9-23-16-27(23)22-5-11-36(12-6-22)30-33-19-25(31)20-34-30/h2-3,18-23,27H,4-17H2,1H3/t23-,27?/m1/s1. The fraction of sp³-hybridized carbons (Fsp3) is 0.633. The van der Waals surface area contributed by atoms with Gasteiger partial charge in [0.2, 0.25) is 11.9 Å². The minimum atomic E-state index is -0.376. The van der Waals surface area contributed by atoms with Crippen LogP contribution in [0.1, 0.15) is 50.5 Å². The maximum Gasteiger partial charge on any atom is 0.226 e. The van der Waals surface area contributed by atoms with Gasteiger partial charge in [-0.3, -0.25) is 4.79 Å². The monoisotopic (exact) mass is 558 g/mol. The fourth-order valence-electron chi connectivity index (χ4n) is 6.10. The molecule has 9 heteroatoms. The number of carbonyl (C=O) groups excluding carboxylic acids is 1. The highest BCUT2D eigenvalue weighted by atomic mass is 35.5. The average Bonchev–Trinajstić information content (AvgIpc) is 3.73. The highest BCUT2D eigenvalue weighted by Crippen LogP contribution is 2.49. The highest BCUT2D eigenvalue weighted by Gasteiger charge is 2.43. The molecule has 2 saturated heterocycles. The lowest BCUT2D eigenvalue weighted by Crippen LogP contribution is -2.35. The Balaban J connectivity index is 0.990. The first-order valence-electron chi connectivity index (χ1n) is 14.4. The quantitative estimate of drug-likeness (QED) is 0.367. The number of hydrogen-bond acceptors (Lipinski definition) is 6. The van der Waals surface area contributed by atoms with Gasteiger partial charge in [0.15, 0.2) is 0 Å². The summed E-state index contributed by atoms with van der Waals surface area (Å²) < 4.78 is 26.0. The lowest BCUT2D eigenvalue weighted by Gasteiger charge is -2.32. The minimum Gasteiger partial charge on any atom is -0.493 e. The van der Waals surface area contributed by atoms with Crippen LogP contribution in [0.3, 0.4) is 0 Å². The first-order valence-corrected chi connectivity index (χ1v) is 14.8. The van der Waals surface area contributed by atoms with E-state index in [1.54, 1.807) is 36.5 Å². The molecule has 1 aliphatic carbocycles. The van der Waals surface area contributed by atoms with Gasteiger partial charge in [-0.1, -0.05) is 17.7 Å². The molecule has 5 rings (SSSR count). The van der Waals surface area contributed by atoms with Gasteiger partial charge in [-0.15, -0.1) is 0 Å². The number of amides is 1. The number of likely N-dealkylation sites (N-methyl/N-ethyl adjacent to an activating group) is 1. The molecule has 212 valence electrons. The summed E-state index contributed by atoms with van der Waals surface area (Å²) in [6, 6.07) is 4.89. The second kappa shape index (κ2) is 13.3. The summed E-state index contributed by atoms with van der Waals surface area (Å²) in [7, 11) is 1.81. The Hall–Kier alpha value is -2.45. The molecule has 39 heavy (non-hydrogen) atoms. The van der Waals surface area contributed by atoms with Gasteiger partial charge in [0.25, 0.3) is 0 Å². The molecule has 1 aromatic carbocycles. The van der Waals surface area contributed by atoms with E-state index in [2.05, 4.69) is 14.9 Å². The molecule has 3 aliphatic rings. The van der Waals surface area contributed by atoms with Gasteiger partial charge in [-0.2, -0.15) is 0 Å². The van der Waals surface area contributed by atoms with E-state index in [0.29, 0.717) is 41.3 Å². The number of benzene rings is 1. The molecule has 1 unspecified atom stereocenters. The molecule has 1 amide bonds. The molecule has 7 nitrogen and oxygen atoms in total. The second-order valence-electron chi connectivity index (χ2n) is 11.4. The minimum absolute atomic E-state index is 0.0547. The SMILES string of the molecule is CN(CCC1CCOCC1)C(=O)Cc1ccc(OCC[C@@H]2CC2C2CCN(c3ncc(Cl)cn3)CC2)cc1F. The maximum absolute atomic E-state index is 14.7. The Bertz CT molecular complexity index is 1090. The van der Waals surface area contributed by atoms with Crippen LogP contribution in [-0.4, -0.2) is 67.3 Å². The predicted molar refractivity (Wildman–Crippen MR) is 150 cm³/mol. The van der Waals surface area contributed by atoms with Crippen LogP contribution in [0.4, 0.5) is 10.3 Å². The van der Waals surface area contributed by atoms with Gasteiger partial charge >= 0.3 is 0 Å². The number of halogens is 2. The van der Waals surface area contributed by atoms with Crippen molar-refractivity contribution < 1.29 is 18.7 Å². The van der Waals surface area contributed by atoms with Crippen molar-refractivity contribution in [2.24, 2.45) is 23.7 Å². The average molecular weight is 559 g/mol. The second-order valence-corrected chi connectivity index (χ2v) is 11.8. The van der Waals surface area contributed by atoms with Crippen molar-refractivity contribution in [3.8, 4) is 5.75 Å². The number of hydrogen-bond donors (Lipinski definition) is 0. The number of carbonyl (C=O) groups is 1. The van der Waals surface area contributed by atoms with Gasteiger partial charge < -0.3 is 19.3 Å². The largest absolute Gasteiger partial charge is 0.493 e. The molecular formula is C30H40ClFN4O3. The van der Waals surface area contributed by atoms with Crippen molar-refractivity contribution >= 4 is 23.5 Å². The first kappa shape index (κ1) is 28.1. The number of aromatic nitrogens is 2. The summed E-state index contributed by atoms with van der Waals surface area (Å²) in [5.74, 6) is 3.66. The number of anilines is 1. The summed E-state index contributed by atoms with van der Waals surface area (Å²) in [6.45, 7) is 4.86. The summed E-state index contributed by atoms with van der Waals surface area (Å²) in [5.41, 5.74) is 0.419. The Morgan fingerprint density at radius 3 is 2.62 bits per heavy atom. The molecule has 0 spiro atoms. The molecule has 2 atom stereocenters. The molecule has 2 aromatic rings. The zero-order valence-electron chi connectivity index (χ0n) is 22.9. The lowest BCUT2D eigenvalue weighted by atomic mass is 9.90. The Morgan fingerprint density at radius 1 is 1.15 bits per heavy atom. The van der Waals surface area contributed by atoms with E-state index >= 15 is 0 Å². The molecule has 0 N–H and O–H groups in total. The van der Waals surface area contributed by atoms with E-state index in [1.165, 1.54) is 12.5 Å². The third kappa shape index (κ3) is 7.82. The van der Waals surface area contributed by atoms with Crippen molar-refractivity contribution in [1.82, 2.24) is 14.9 Å². The van der Waals surface area contributed by atoms with Gasteiger partial charge in [-0.05, 0) is 80.2 Å². The van der Waals surface area contributed by atoms with Gasteiger partial charge in [0, 0.05) is 46.0 Å². The van der Waals surface area contributed by atoms with Crippen LogP contribution >= 0.6 is 11.6 Å². The normalized spacial score (nSPS) is 22.1. The Morgan fingerprint density at radius 2 is 1.90 bits per heavy atom. The first-order chi connectivity index (χ1) is 19.0. The number of ether oxygens (including phenoxy) is 2. The molecule has 2 aliphatic heterocycles. The lowest BCUT2D eigenvalue weighted by molar-refractivity contribution is -0.129. The third-order valence-electron chi connectivity index (χ3n) is 8.77. The summed E-state index contributed by atoms with van der Waals surface area (Å²) in [6.07, 6.45) is 11.0. The van der Waals surface area contributed by atoms with Gasteiger partial charge in [0.1, 0.15) is 11.6 Å². The Kier molecular flexibility index (Phi) is 9.56. The Labute approximate surface area is 236 Å². The van der Waals surface area contributed by atoms with Crippen LogP contribution in [0, 0.1) is 29.5 Å². The van der Waals surface area contributed by atoms with E-state index in [9.17, 15) is 9.18 Å². The van der Waals surface area contributed by atoms with Crippen LogP contribution in [-0.2, 0) is 16.0 Å². The van der Waals surface area contributed by atoms with E-state index in [1.807, 2.05) is 0 Å². The van der Waals surface area contributed by atoms with E-state index in [4.69, 9.17) is 21.1 Å². The molecule has 0 radical (unpaired) electrons. The van der Waals surface area contributed by atoms with E-state index < -0.39 is 0 Å². The summed E-state index contributed by atoms with van der Waals surface area (Å²) in [4.78, 5) is 25.3. The number of piperidine rings is 1. The zero-order valence-corrected chi connectivity index (χ0v) is 23.6. The molecule has 0 bridgehead atoms. The van der Waals surface area contributed by atoms with Crippen LogP contribution in [0.5, 0.6) is 5.75 Å². The summed E-state index contributed by atoms with van der Waals surface area (Å²) in [5, 5.41) is 0.560. The van der Waals surface area contributed by atoms with Crippen LogP contribution in [0.25, 0.3) is 0 Å². The van der Waals surface area contributed by atoms with Crippen molar-refractivity contribution in [2.75, 3.05) is 51.4 Å². The molecule has 1 saturated carbocycles. The molecule has 3 heterocycles. The number of rotatable bonds is 11. The van der Waals surface area contributed by atoms with Crippen LogP contribution in [0.15, 0.2) is 30.6 Å². The predicted octanol–water partition coefficient (Wildman–Crippen LogP) is 5.41. The topological polar surface area (TPSA) is 67.8 Å². The zero-order chi connectivity index (χ0) is 27.2. The van der Waals surface area contributed by atoms with Gasteiger partial charge in [0.05, 0.1) is 30.4 Å². The van der Waals surface area contributed by atoms with Crippen LogP contribution < -0.4 is 9.64 Å². The fourth-order valence-corrected chi connectivity index (χ4v) is 6.20.